The van der Waals surface area contributed by atoms with Crippen LogP contribution in [0.3, 0.4) is 0 Å². The number of nitrogens with zero attached hydrogens (tertiary/aromatic N) is 6. The molecule has 30 heavy (non-hydrogen) atoms. The molecule has 0 radical (unpaired) electrons. The fourth-order valence-corrected chi connectivity index (χ4v) is 2.99. The number of imidazole rings is 2. The van der Waals surface area contributed by atoms with Crippen molar-refractivity contribution in [2.45, 2.75) is 78.6 Å². The van der Waals surface area contributed by atoms with Gasteiger partial charge in [-0.1, -0.05) is 62.3 Å². The van der Waals surface area contributed by atoms with Crippen LogP contribution in [0, 0.1) is 0 Å². The van der Waals surface area contributed by atoms with Gasteiger partial charge < -0.3 is 9.13 Å². The quantitative estimate of drug-likeness (QED) is 0.511. The van der Waals surface area contributed by atoms with E-state index in [9.17, 15) is 0 Å². The molecule has 0 atom stereocenters. The van der Waals surface area contributed by atoms with Crippen molar-refractivity contribution >= 4 is 0 Å². The Hall–Kier alpha value is -2.37. The summed E-state index contributed by atoms with van der Waals surface area (Å²) in [5.74, 6) is 0. The van der Waals surface area contributed by atoms with Gasteiger partial charge in [0, 0.05) is 67.4 Å². The molecule has 3 aromatic heterocycles. The van der Waals surface area contributed by atoms with E-state index in [2.05, 4.69) is 94.2 Å². The van der Waals surface area contributed by atoms with Gasteiger partial charge in [-0.2, -0.15) is 5.10 Å². The van der Waals surface area contributed by atoms with Crippen molar-refractivity contribution in [3.8, 4) is 0 Å². The maximum Gasteiger partial charge on any atom is 0.0947 e. The summed E-state index contributed by atoms with van der Waals surface area (Å²) in [4.78, 5) is 8.30. The standard InChI is InChI=1S/3C8H14N2/c1-8(2,3)7-5-10(4)6-9-7;1-8(2,3)7-5-9-6-10(7)4;1-8(2,3)7-5-6-9-10(7)4/h3*5-6H,1-4H3. The molecule has 0 amide bonds. The van der Waals surface area contributed by atoms with Gasteiger partial charge in [-0.05, 0) is 6.07 Å². The van der Waals surface area contributed by atoms with Crippen molar-refractivity contribution < 1.29 is 0 Å². The Balaban J connectivity index is 0.000000225. The van der Waals surface area contributed by atoms with E-state index in [0.29, 0.717) is 0 Å². The minimum Gasteiger partial charge on any atom is -0.340 e. The van der Waals surface area contributed by atoms with Crippen LogP contribution in [0.15, 0.2) is 37.3 Å². The van der Waals surface area contributed by atoms with E-state index in [4.69, 9.17) is 0 Å². The molecule has 0 fully saturated rings. The molecular formula is C24H42N6. The second-order valence-corrected chi connectivity index (χ2v) is 10.9. The van der Waals surface area contributed by atoms with Crippen LogP contribution in [-0.2, 0) is 37.4 Å². The number of rotatable bonds is 0. The van der Waals surface area contributed by atoms with E-state index >= 15 is 0 Å². The summed E-state index contributed by atoms with van der Waals surface area (Å²) in [6.45, 7) is 19.6. The van der Waals surface area contributed by atoms with E-state index in [1.807, 2.05) is 55.4 Å². The second kappa shape index (κ2) is 9.63. The van der Waals surface area contributed by atoms with Crippen molar-refractivity contribution in [3.63, 3.8) is 0 Å². The SMILES string of the molecule is Cn1cnc(C(C)(C)C)c1.Cn1cncc1C(C)(C)C.Cn1nccc1C(C)(C)C. The van der Waals surface area contributed by atoms with Gasteiger partial charge in [0.1, 0.15) is 0 Å². The fraction of sp³-hybridized carbons (Fsp3) is 0.625. The smallest absolute Gasteiger partial charge is 0.0947 e. The van der Waals surface area contributed by atoms with Gasteiger partial charge in [-0.25, -0.2) is 9.97 Å². The summed E-state index contributed by atoms with van der Waals surface area (Å²) < 4.78 is 5.95. The van der Waals surface area contributed by atoms with Gasteiger partial charge in [0.25, 0.3) is 0 Å². The lowest BCUT2D eigenvalue weighted by Gasteiger charge is -2.18. The highest BCUT2D eigenvalue weighted by Crippen LogP contribution is 2.21. The zero-order chi connectivity index (χ0) is 23.3. The van der Waals surface area contributed by atoms with E-state index in [-0.39, 0.29) is 16.2 Å². The van der Waals surface area contributed by atoms with Crippen LogP contribution in [-0.4, -0.2) is 28.9 Å². The van der Waals surface area contributed by atoms with E-state index in [1.165, 1.54) is 11.4 Å². The lowest BCUT2D eigenvalue weighted by atomic mass is 9.92. The Morgan fingerprint density at radius 3 is 1.50 bits per heavy atom. The topological polar surface area (TPSA) is 53.5 Å². The molecule has 0 saturated carbocycles. The Kier molecular flexibility index (Phi) is 8.24. The summed E-state index contributed by atoms with van der Waals surface area (Å²) in [6.07, 6.45) is 9.47. The first-order chi connectivity index (χ1) is 13.5. The third kappa shape index (κ3) is 7.81. The molecule has 3 rings (SSSR count). The highest BCUT2D eigenvalue weighted by Gasteiger charge is 2.17. The second-order valence-electron chi connectivity index (χ2n) is 10.9. The monoisotopic (exact) mass is 414 g/mol. The first-order valence-corrected chi connectivity index (χ1v) is 10.5. The fourth-order valence-electron chi connectivity index (χ4n) is 2.99. The summed E-state index contributed by atoms with van der Waals surface area (Å²) in [6, 6.07) is 2.06. The third-order valence-corrected chi connectivity index (χ3v) is 4.65. The van der Waals surface area contributed by atoms with Crippen LogP contribution in [0.1, 0.15) is 79.4 Å². The lowest BCUT2D eigenvalue weighted by molar-refractivity contribution is 0.523. The van der Waals surface area contributed by atoms with Crippen molar-refractivity contribution in [2.75, 3.05) is 0 Å². The van der Waals surface area contributed by atoms with Crippen molar-refractivity contribution in [2.24, 2.45) is 21.1 Å². The maximum atomic E-state index is 4.25. The molecule has 0 spiro atoms. The molecule has 3 aromatic rings. The molecule has 0 aliphatic rings. The van der Waals surface area contributed by atoms with Crippen molar-refractivity contribution in [1.82, 2.24) is 28.9 Å². The number of hydrogen-bond acceptors (Lipinski definition) is 3. The predicted octanol–water partition coefficient (Wildman–Crippen LogP) is 5.15. The van der Waals surface area contributed by atoms with Crippen LogP contribution >= 0.6 is 0 Å². The Labute approximate surface area is 183 Å². The molecule has 0 aromatic carbocycles. The molecule has 0 aliphatic carbocycles. The highest BCUT2D eigenvalue weighted by atomic mass is 15.3. The summed E-state index contributed by atoms with van der Waals surface area (Å²) in [5.41, 5.74) is 4.30. The predicted molar refractivity (Wildman–Crippen MR) is 126 cm³/mol. The summed E-state index contributed by atoms with van der Waals surface area (Å²) >= 11 is 0. The number of hydrogen-bond donors (Lipinski definition) is 0. The first kappa shape index (κ1) is 25.7. The van der Waals surface area contributed by atoms with Crippen LogP contribution in [0.2, 0.25) is 0 Å². The normalized spacial score (nSPS) is 12.0. The third-order valence-electron chi connectivity index (χ3n) is 4.65. The van der Waals surface area contributed by atoms with Crippen molar-refractivity contribution in [1.29, 1.82) is 0 Å². The molecule has 3 heterocycles. The minimum absolute atomic E-state index is 0.182. The Morgan fingerprint density at radius 2 is 1.30 bits per heavy atom. The molecule has 0 saturated heterocycles. The minimum atomic E-state index is 0.182. The van der Waals surface area contributed by atoms with Crippen molar-refractivity contribution in [3.05, 3.63) is 54.4 Å². The summed E-state index contributed by atoms with van der Waals surface area (Å²) in [5, 5.41) is 4.10. The van der Waals surface area contributed by atoms with Crippen LogP contribution < -0.4 is 0 Å². The van der Waals surface area contributed by atoms with Crippen LogP contribution in [0.25, 0.3) is 0 Å². The zero-order valence-electron chi connectivity index (χ0n) is 21.1. The first-order valence-electron chi connectivity index (χ1n) is 10.5. The Bertz CT molecular complexity index is 841. The molecule has 0 aliphatic heterocycles. The van der Waals surface area contributed by atoms with Gasteiger partial charge in [0.15, 0.2) is 0 Å². The van der Waals surface area contributed by atoms with Crippen LogP contribution in [0.5, 0.6) is 0 Å². The van der Waals surface area contributed by atoms with Gasteiger partial charge in [0.2, 0.25) is 0 Å². The molecule has 0 unspecified atom stereocenters. The largest absolute Gasteiger partial charge is 0.340 e. The zero-order valence-corrected chi connectivity index (χ0v) is 21.1. The average Bonchev–Trinajstić information content (AvgIpc) is 3.27. The molecule has 6 nitrogen and oxygen atoms in total. The maximum absolute atomic E-state index is 4.25. The number of aryl methyl sites for hydroxylation is 3. The summed E-state index contributed by atoms with van der Waals surface area (Å²) in [7, 11) is 5.98. The van der Waals surface area contributed by atoms with Crippen LogP contribution in [0.4, 0.5) is 0 Å². The van der Waals surface area contributed by atoms with E-state index in [0.717, 1.165) is 5.69 Å². The van der Waals surface area contributed by atoms with Gasteiger partial charge in [-0.15, -0.1) is 0 Å². The van der Waals surface area contributed by atoms with Gasteiger partial charge >= 0.3 is 0 Å². The molecule has 0 bridgehead atoms. The van der Waals surface area contributed by atoms with Gasteiger partial charge in [0.05, 0.1) is 18.3 Å². The van der Waals surface area contributed by atoms with E-state index < -0.39 is 0 Å². The molecule has 168 valence electrons. The molecule has 6 heteroatoms. The van der Waals surface area contributed by atoms with Gasteiger partial charge in [-0.3, -0.25) is 4.68 Å². The van der Waals surface area contributed by atoms with E-state index in [1.54, 1.807) is 0 Å². The molecule has 0 N–H and O–H groups in total. The highest BCUT2D eigenvalue weighted by molar-refractivity contribution is 5.11. The molecular weight excluding hydrogens is 372 g/mol. The number of aromatic nitrogens is 6. The Morgan fingerprint density at radius 1 is 0.733 bits per heavy atom. The average molecular weight is 415 g/mol. The lowest BCUT2D eigenvalue weighted by Crippen LogP contribution is -2.16.